The van der Waals surface area contributed by atoms with Crippen LogP contribution in [0.25, 0.3) is 0 Å². The first-order chi connectivity index (χ1) is 9.22. The average Bonchev–Trinajstić information content (AvgIpc) is 2.94. The minimum atomic E-state index is 0.171. The third-order valence-corrected chi connectivity index (χ3v) is 3.13. The number of carbonyl (C=O) groups excluding carboxylic acids is 1. The Hall–Kier alpha value is -2.05. The Morgan fingerprint density at radius 1 is 1.47 bits per heavy atom. The molecular formula is C12H19N5O2. The Bertz CT molecular complexity index is 446. The van der Waals surface area contributed by atoms with Crippen LogP contribution in [0.15, 0.2) is 6.33 Å². The molecule has 1 aromatic rings. The summed E-state index contributed by atoms with van der Waals surface area (Å²) >= 11 is 0. The van der Waals surface area contributed by atoms with Crippen molar-refractivity contribution in [3.05, 3.63) is 6.33 Å². The maximum atomic E-state index is 11.8. The van der Waals surface area contributed by atoms with Gasteiger partial charge in [-0.3, -0.25) is 4.79 Å². The molecule has 1 aliphatic rings. The van der Waals surface area contributed by atoms with Crippen LogP contribution in [-0.2, 0) is 4.79 Å². The molecule has 1 saturated heterocycles. The summed E-state index contributed by atoms with van der Waals surface area (Å²) in [6.07, 6.45) is 4.02. The molecule has 0 spiro atoms. The van der Waals surface area contributed by atoms with E-state index in [1.807, 2.05) is 4.90 Å². The lowest BCUT2D eigenvalue weighted by molar-refractivity contribution is -0.129. The normalized spacial score (nSPS) is 14.5. The molecule has 1 aliphatic heterocycles. The number of hydrogen-bond donors (Lipinski definition) is 2. The van der Waals surface area contributed by atoms with Gasteiger partial charge in [0.1, 0.15) is 12.0 Å². The minimum absolute atomic E-state index is 0.171. The zero-order valence-electron chi connectivity index (χ0n) is 11.1. The summed E-state index contributed by atoms with van der Waals surface area (Å²) in [7, 11) is 1.50. The smallest absolute Gasteiger partial charge is 0.242 e. The number of ether oxygens (including phenoxy) is 1. The molecule has 1 amide bonds. The molecule has 2 heterocycles. The summed E-state index contributed by atoms with van der Waals surface area (Å²) < 4.78 is 5.00. The zero-order valence-corrected chi connectivity index (χ0v) is 11.1. The summed E-state index contributed by atoms with van der Waals surface area (Å²) in [5, 5.41) is 3.04. The average molecular weight is 265 g/mol. The second-order valence-corrected chi connectivity index (χ2v) is 4.41. The predicted molar refractivity (Wildman–Crippen MR) is 71.9 cm³/mol. The van der Waals surface area contributed by atoms with E-state index in [0.29, 0.717) is 30.4 Å². The summed E-state index contributed by atoms with van der Waals surface area (Å²) in [6, 6.07) is 0. The van der Waals surface area contributed by atoms with Crippen molar-refractivity contribution in [1.29, 1.82) is 0 Å². The van der Waals surface area contributed by atoms with Crippen molar-refractivity contribution in [1.82, 2.24) is 14.9 Å². The molecular weight excluding hydrogens is 246 g/mol. The highest BCUT2D eigenvalue weighted by atomic mass is 16.5. The number of nitrogen functional groups attached to an aromatic ring is 1. The van der Waals surface area contributed by atoms with Gasteiger partial charge < -0.3 is 20.7 Å². The molecule has 0 aliphatic carbocycles. The molecule has 0 bridgehead atoms. The van der Waals surface area contributed by atoms with Crippen LogP contribution in [0, 0.1) is 0 Å². The van der Waals surface area contributed by atoms with Gasteiger partial charge in [-0.05, 0) is 12.8 Å². The van der Waals surface area contributed by atoms with Gasteiger partial charge in [0.2, 0.25) is 11.8 Å². The summed E-state index contributed by atoms with van der Waals surface area (Å²) in [5.74, 6) is 1.01. The zero-order chi connectivity index (χ0) is 13.7. The van der Waals surface area contributed by atoms with Gasteiger partial charge in [0.15, 0.2) is 5.82 Å². The van der Waals surface area contributed by atoms with Crippen molar-refractivity contribution in [3.63, 3.8) is 0 Å². The third kappa shape index (κ3) is 3.24. The van der Waals surface area contributed by atoms with E-state index in [0.717, 1.165) is 25.9 Å². The van der Waals surface area contributed by atoms with Crippen molar-refractivity contribution >= 4 is 17.4 Å². The number of anilines is 2. The van der Waals surface area contributed by atoms with Gasteiger partial charge >= 0.3 is 0 Å². The fraction of sp³-hybridized carbons (Fsp3) is 0.583. The van der Waals surface area contributed by atoms with Crippen LogP contribution < -0.4 is 15.8 Å². The summed E-state index contributed by atoms with van der Waals surface area (Å²) in [4.78, 5) is 21.7. The number of carbonyl (C=O) groups is 1. The van der Waals surface area contributed by atoms with Gasteiger partial charge in [-0.1, -0.05) is 0 Å². The highest BCUT2D eigenvalue weighted by Gasteiger charge is 2.17. The predicted octanol–water partition coefficient (Wildman–Crippen LogP) is 0.492. The Labute approximate surface area is 112 Å². The van der Waals surface area contributed by atoms with E-state index < -0.39 is 0 Å². The van der Waals surface area contributed by atoms with Crippen LogP contribution >= 0.6 is 0 Å². The molecule has 0 radical (unpaired) electrons. The van der Waals surface area contributed by atoms with Crippen molar-refractivity contribution in [2.75, 3.05) is 37.8 Å². The van der Waals surface area contributed by atoms with E-state index in [4.69, 9.17) is 10.5 Å². The highest BCUT2D eigenvalue weighted by molar-refractivity contribution is 5.77. The maximum Gasteiger partial charge on any atom is 0.242 e. The molecule has 2 rings (SSSR count). The number of nitrogens with zero attached hydrogens (tertiary/aromatic N) is 3. The SMILES string of the molecule is COc1ncnc(NCCC(=O)N2CCCC2)c1N. The number of amides is 1. The highest BCUT2D eigenvalue weighted by Crippen LogP contribution is 2.23. The van der Waals surface area contributed by atoms with Crippen LogP contribution in [0.4, 0.5) is 11.5 Å². The van der Waals surface area contributed by atoms with Crippen LogP contribution in [0.5, 0.6) is 5.88 Å². The molecule has 0 unspecified atom stereocenters. The number of aromatic nitrogens is 2. The molecule has 1 aromatic heterocycles. The number of likely N-dealkylation sites (tertiary alicyclic amines) is 1. The third-order valence-electron chi connectivity index (χ3n) is 3.13. The van der Waals surface area contributed by atoms with Crippen molar-refractivity contribution in [2.45, 2.75) is 19.3 Å². The Morgan fingerprint density at radius 2 is 2.21 bits per heavy atom. The topological polar surface area (TPSA) is 93.4 Å². The molecule has 0 aromatic carbocycles. The number of methoxy groups -OCH3 is 1. The van der Waals surface area contributed by atoms with Crippen LogP contribution in [-0.4, -0.2) is 47.5 Å². The molecule has 104 valence electrons. The summed E-state index contributed by atoms with van der Waals surface area (Å²) in [5.41, 5.74) is 6.18. The Kier molecular flexibility index (Phi) is 4.38. The number of rotatable bonds is 5. The first-order valence-corrected chi connectivity index (χ1v) is 6.38. The van der Waals surface area contributed by atoms with Gasteiger partial charge in [-0.2, -0.15) is 4.98 Å². The largest absolute Gasteiger partial charge is 0.479 e. The number of nitrogens with one attached hydrogen (secondary N) is 1. The first-order valence-electron chi connectivity index (χ1n) is 6.38. The second-order valence-electron chi connectivity index (χ2n) is 4.41. The van der Waals surface area contributed by atoms with E-state index >= 15 is 0 Å². The molecule has 1 fully saturated rings. The Balaban J connectivity index is 1.83. The Morgan fingerprint density at radius 3 is 2.89 bits per heavy atom. The lowest BCUT2D eigenvalue weighted by Gasteiger charge is -2.15. The minimum Gasteiger partial charge on any atom is -0.479 e. The first kappa shape index (κ1) is 13.4. The van der Waals surface area contributed by atoms with E-state index in [2.05, 4.69) is 15.3 Å². The molecule has 0 atom stereocenters. The number of nitrogens with two attached hydrogens (primary N) is 1. The van der Waals surface area contributed by atoms with Gasteiger partial charge in [-0.15, -0.1) is 0 Å². The van der Waals surface area contributed by atoms with E-state index in [-0.39, 0.29) is 5.91 Å². The van der Waals surface area contributed by atoms with E-state index in [1.165, 1.54) is 13.4 Å². The van der Waals surface area contributed by atoms with Gasteiger partial charge in [0.05, 0.1) is 7.11 Å². The van der Waals surface area contributed by atoms with Gasteiger partial charge in [0.25, 0.3) is 0 Å². The quantitative estimate of drug-likeness (QED) is 0.805. The molecule has 7 nitrogen and oxygen atoms in total. The fourth-order valence-electron chi connectivity index (χ4n) is 2.10. The van der Waals surface area contributed by atoms with Crippen molar-refractivity contribution < 1.29 is 9.53 Å². The van der Waals surface area contributed by atoms with Gasteiger partial charge in [-0.25, -0.2) is 4.98 Å². The lowest BCUT2D eigenvalue weighted by Crippen LogP contribution is -2.29. The monoisotopic (exact) mass is 265 g/mol. The van der Waals surface area contributed by atoms with Gasteiger partial charge in [0, 0.05) is 26.1 Å². The second kappa shape index (κ2) is 6.21. The van der Waals surface area contributed by atoms with E-state index in [9.17, 15) is 4.79 Å². The molecule has 0 saturated carbocycles. The standard InChI is InChI=1S/C12H19N5O2/c1-19-12-10(13)11(15-8-16-12)14-5-4-9(18)17-6-2-3-7-17/h8H,2-7,13H2,1H3,(H,14,15,16). The van der Waals surface area contributed by atoms with E-state index in [1.54, 1.807) is 0 Å². The molecule has 19 heavy (non-hydrogen) atoms. The lowest BCUT2D eigenvalue weighted by atomic mass is 10.3. The fourth-order valence-corrected chi connectivity index (χ4v) is 2.10. The molecule has 3 N–H and O–H groups in total. The maximum absolute atomic E-state index is 11.8. The van der Waals surface area contributed by atoms with Crippen molar-refractivity contribution in [3.8, 4) is 5.88 Å². The van der Waals surface area contributed by atoms with Crippen LogP contribution in [0.3, 0.4) is 0 Å². The van der Waals surface area contributed by atoms with Crippen LogP contribution in [0.2, 0.25) is 0 Å². The number of hydrogen-bond acceptors (Lipinski definition) is 6. The van der Waals surface area contributed by atoms with Crippen LogP contribution in [0.1, 0.15) is 19.3 Å². The van der Waals surface area contributed by atoms with Crippen molar-refractivity contribution in [2.24, 2.45) is 0 Å². The molecule has 7 heteroatoms. The summed E-state index contributed by atoms with van der Waals surface area (Å²) in [6.45, 7) is 2.25.